The highest BCUT2D eigenvalue weighted by Crippen LogP contribution is 1.94. The Labute approximate surface area is 107 Å². The van der Waals surface area contributed by atoms with Gasteiger partial charge in [0.05, 0.1) is 25.2 Å². The number of hydrogen-bond acceptors (Lipinski definition) is 4. The molecule has 0 amide bonds. The van der Waals surface area contributed by atoms with E-state index in [0.717, 1.165) is 13.1 Å². The van der Waals surface area contributed by atoms with Crippen molar-refractivity contribution in [3.63, 3.8) is 0 Å². The second-order valence-corrected chi connectivity index (χ2v) is 4.00. The van der Waals surface area contributed by atoms with E-state index in [0.29, 0.717) is 37.9 Å². The summed E-state index contributed by atoms with van der Waals surface area (Å²) < 4.78 is 0. The van der Waals surface area contributed by atoms with E-state index in [-0.39, 0.29) is 0 Å². The molecule has 0 aromatic rings. The molecule has 0 radical (unpaired) electrons. The second-order valence-electron chi connectivity index (χ2n) is 3.25. The SMILES string of the molecule is N#CCN(CCCl)CCN(CC#N)CCCl. The van der Waals surface area contributed by atoms with Gasteiger partial charge in [0.25, 0.3) is 0 Å². The molecule has 0 saturated heterocycles. The summed E-state index contributed by atoms with van der Waals surface area (Å²) in [5, 5.41) is 17.2. The summed E-state index contributed by atoms with van der Waals surface area (Å²) >= 11 is 11.3. The van der Waals surface area contributed by atoms with Crippen LogP contribution < -0.4 is 0 Å². The summed E-state index contributed by atoms with van der Waals surface area (Å²) in [4.78, 5) is 3.93. The van der Waals surface area contributed by atoms with Gasteiger partial charge < -0.3 is 0 Å². The molecule has 0 aliphatic heterocycles. The average Bonchev–Trinajstić information content (AvgIpc) is 2.27. The summed E-state index contributed by atoms with van der Waals surface area (Å²) in [6.45, 7) is 3.59. The van der Waals surface area contributed by atoms with Gasteiger partial charge in [0, 0.05) is 37.9 Å². The Morgan fingerprint density at radius 3 is 1.38 bits per heavy atom. The van der Waals surface area contributed by atoms with Gasteiger partial charge in [-0.15, -0.1) is 23.2 Å². The maximum Gasteiger partial charge on any atom is 0.0866 e. The fourth-order valence-electron chi connectivity index (χ4n) is 1.26. The first-order chi connectivity index (χ1) is 7.78. The van der Waals surface area contributed by atoms with Crippen LogP contribution in [0.4, 0.5) is 0 Å². The summed E-state index contributed by atoms with van der Waals surface area (Å²) in [6.07, 6.45) is 0. The van der Waals surface area contributed by atoms with Crippen LogP contribution in [0.1, 0.15) is 0 Å². The van der Waals surface area contributed by atoms with Crippen LogP contribution in [0.5, 0.6) is 0 Å². The maximum absolute atomic E-state index is 8.61. The molecule has 4 nitrogen and oxygen atoms in total. The summed E-state index contributed by atoms with van der Waals surface area (Å²) in [6, 6.07) is 4.20. The van der Waals surface area contributed by atoms with Crippen molar-refractivity contribution in [2.24, 2.45) is 0 Å². The van der Waals surface area contributed by atoms with Gasteiger partial charge in [0.2, 0.25) is 0 Å². The molecule has 0 spiro atoms. The Bertz CT molecular complexity index is 220. The van der Waals surface area contributed by atoms with Crippen LogP contribution in [0.2, 0.25) is 0 Å². The van der Waals surface area contributed by atoms with Crippen LogP contribution in [-0.2, 0) is 0 Å². The van der Waals surface area contributed by atoms with E-state index in [1.807, 2.05) is 9.80 Å². The third-order valence-electron chi connectivity index (χ3n) is 2.12. The fourth-order valence-corrected chi connectivity index (χ4v) is 1.74. The molecule has 0 N–H and O–H groups in total. The normalized spacial score (nSPS) is 10.4. The first-order valence-corrected chi connectivity index (χ1v) is 6.16. The summed E-state index contributed by atoms with van der Waals surface area (Å²) in [7, 11) is 0. The molecule has 0 unspecified atom stereocenters. The molecule has 6 heteroatoms. The molecular formula is C10H16Cl2N4. The summed E-state index contributed by atoms with van der Waals surface area (Å²) in [5.41, 5.74) is 0. The standard InChI is InChI=1S/C10H16Cl2N4/c11-1-5-15(7-3-13)9-10-16(6-2-12)8-4-14/h1-2,5-10H2. The number of rotatable bonds is 9. The van der Waals surface area contributed by atoms with Crippen LogP contribution in [-0.4, -0.2) is 60.8 Å². The van der Waals surface area contributed by atoms with E-state index >= 15 is 0 Å². The predicted molar refractivity (Wildman–Crippen MR) is 65.5 cm³/mol. The van der Waals surface area contributed by atoms with Gasteiger partial charge in [0.15, 0.2) is 0 Å². The van der Waals surface area contributed by atoms with Gasteiger partial charge in [-0.25, -0.2) is 0 Å². The van der Waals surface area contributed by atoms with E-state index in [4.69, 9.17) is 33.7 Å². The minimum absolute atomic E-state index is 0.369. The van der Waals surface area contributed by atoms with Crippen molar-refractivity contribution in [3.05, 3.63) is 0 Å². The van der Waals surface area contributed by atoms with E-state index in [2.05, 4.69) is 12.1 Å². The van der Waals surface area contributed by atoms with Gasteiger partial charge in [-0.05, 0) is 0 Å². The van der Waals surface area contributed by atoms with Crippen LogP contribution in [0.25, 0.3) is 0 Å². The Morgan fingerprint density at radius 2 is 1.12 bits per heavy atom. The van der Waals surface area contributed by atoms with Crippen molar-refractivity contribution in [3.8, 4) is 12.1 Å². The highest BCUT2D eigenvalue weighted by molar-refractivity contribution is 6.18. The zero-order valence-electron chi connectivity index (χ0n) is 9.20. The van der Waals surface area contributed by atoms with Crippen LogP contribution in [0.15, 0.2) is 0 Å². The minimum atomic E-state index is 0.369. The second kappa shape index (κ2) is 11.0. The molecule has 0 aromatic heterocycles. The molecule has 0 fully saturated rings. The third kappa shape index (κ3) is 7.73. The number of alkyl halides is 2. The Balaban J connectivity index is 3.94. The van der Waals surface area contributed by atoms with E-state index in [1.54, 1.807) is 0 Å². The van der Waals surface area contributed by atoms with Crippen LogP contribution in [0, 0.1) is 22.7 Å². The van der Waals surface area contributed by atoms with Gasteiger partial charge in [0.1, 0.15) is 0 Å². The molecule has 0 saturated carbocycles. The number of nitriles is 2. The summed E-state index contributed by atoms with van der Waals surface area (Å²) in [5.74, 6) is 1.02. The molecule has 0 aromatic carbocycles. The Hall–Kier alpha value is -0.520. The molecule has 90 valence electrons. The lowest BCUT2D eigenvalue weighted by molar-refractivity contribution is 0.245. The predicted octanol–water partition coefficient (Wildman–Crippen LogP) is 1.12. The van der Waals surface area contributed by atoms with E-state index < -0.39 is 0 Å². The molecule has 0 rings (SSSR count). The zero-order chi connectivity index (χ0) is 12.2. The maximum atomic E-state index is 8.61. The lowest BCUT2D eigenvalue weighted by Crippen LogP contribution is -2.37. The van der Waals surface area contributed by atoms with Gasteiger partial charge in [-0.2, -0.15) is 10.5 Å². The quantitative estimate of drug-likeness (QED) is 0.462. The van der Waals surface area contributed by atoms with E-state index in [9.17, 15) is 0 Å². The molecule has 0 atom stereocenters. The molecular weight excluding hydrogens is 247 g/mol. The van der Waals surface area contributed by atoms with Crippen molar-refractivity contribution < 1.29 is 0 Å². The molecule has 0 aliphatic carbocycles. The number of halogens is 2. The van der Waals surface area contributed by atoms with Crippen molar-refractivity contribution in [2.45, 2.75) is 0 Å². The van der Waals surface area contributed by atoms with Gasteiger partial charge in [-0.1, -0.05) is 0 Å². The van der Waals surface area contributed by atoms with E-state index in [1.165, 1.54) is 0 Å². The third-order valence-corrected chi connectivity index (χ3v) is 2.46. The molecule has 0 aliphatic rings. The highest BCUT2D eigenvalue weighted by Gasteiger charge is 2.07. The van der Waals surface area contributed by atoms with Crippen molar-refractivity contribution in [1.82, 2.24) is 9.80 Å². The van der Waals surface area contributed by atoms with Crippen molar-refractivity contribution in [1.29, 1.82) is 10.5 Å². The Kier molecular flexibility index (Phi) is 10.6. The first kappa shape index (κ1) is 15.5. The topological polar surface area (TPSA) is 54.1 Å². The average molecular weight is 263 g/mol. The lowest BCUT2D eigenvalue weighted by atomic mass is 10.4. The van der Waals surface area contributed by atoms with Crippen molar-refractivity contribution >= 4 is 23.2 Å². The number of nitrogens with zero attached hydrogens (tertiary/aromatic N) is 4. The lowest BCUT2D eigenvalue weighted by Gasteiger charge is -2.23. The smallest absolute Gasteiger partial charge is 0.0866 e. The van der Waals surface area contributed by atoms with Gasteiger partial charge in [-0.3, -0.25) is 9.80 Å². The largest absolute Gasteiger partial charge is 0.288 e. The fraction of sp³-hybridized carbons (Fsp3) is 0.800. The zero-order valence-corrected chi connectivity index (χ0v) is 10.7. The first-order valence-electron chi connectivity index (χ1n) is 5.09. The molecule has 0 bridgehead atoms. The van der Waals surface area contributed by atoms with Crippen LogP contribution >= 0.6 is 23.2 Å². The van der Waals surface area contributed by atoms with Crippen LogP contribution in [0.3, 0.4) is 0 Å². The Morgan fingerprint density at radius 1 is 0.750 bits per heavy atom. The molecule has 16 heavy (non-hydrogen) atoms. The minimum Gasteiger partial charge on any atom is -0.288 e. The van der Waals surface area contributed by atoms with Gasteiger partial charge >= 0.3 is 0 Å². The van der Waals surface area contributed by atoms with Crippen molar-refractivity contribution in [2.75, 3.05) is 51.0 Å². The number of hydrogen-bond donors (Lipinski definition) is 0. The molecule has 0 heterocycles. The monoisotopic (exact) mass is 262 g/mol. The highest BCUT2D eigenvalue weighted by atomic mass is 35.5.